The number of nitrogens with zero attached hydrogens (tertiary/aromatic N) is 4. The maximum Gasteiger partial charge on any atom is 0.434 e. The fourth-order valence-electron chi connectivity index (χ4n) is 2.39. The van der Waals surface area contributed by atoms with E-state index in [0.29, 0.717) is 16.7 Å². The number of hydrogen-bond donors (Lipinski definition) is 1. The van der Waals surface area contributed by atoms with Gasteiger partial charge in [0.05, 0.1) is 0 Å². The van der Waals surface area contributed by atoms with Crippen LogP contribution in [-0.4, -0.2) is 25.1 Å². The van der Waals surface area contributed by atoms with Crippen molar-refractivity contribution < 1.29 is 17.6 Å². The maximum absolute atomic E-state index is 12.9. The number of hydrogen-bond acceptors (Lipinski definition) is 7. The smallest absolute Gasteiger partial charge is 0.386 e. The predicted molar refractivity (Wildman–Crippen MR) is 89.7 cm³/mol. The maximum atomic E-state index is 12.9. The highest BCUT2D eigenvalue weighted by Gasteiger charge is 2.34. The Balaban J connectivity index is 1.80. The highest BCUT2D eigenvalue weighted by molar-refractivity contribution is 7.13. The van der Waals surface area contributed by atoms with Crippen LogP contribution >= 0.6 is 11.3 Å². The topological polar surface area (TPSA) is 97.6 Å². The van der Waals surface area contributed by atoms with Crippen LogP contribution in [-0.2, 0) is 6.18 Å². The highest BCUT2D eigenvalue weighted by atomic mass is 32.1. The van der Waals surface area contributed by atoms with Gasteiger partial charge in [-0.3, -0.25) is 9.97 Å². The molecule has 0 radical (unpaired) electrons. The fourth-order valence-corrected chi connectivity index (χ4v) is 3.26. The average Bonchev–Trinajstić information content (AvgIpc) is 3.31. The molecule has 11 heteroatoms. The summed E-state index contributed by atoms with van der Waals surface area (Å²) in [6.07, 6.45) is -0.0471. The lowest BCUT2D eigenvalue weighted by Gasteiger charge is -2.07. The van der Waals surface area contributed by atoms with Crippen molar-refractivity contribution in [3.05, 3.63) is 58.4 Å². The predicted octanol–water partition coefficient (Wildman–Crippen LogP) is 3.63. The summed E-state index contributed by atoms with van der Waals surface area (Å²) in [5.74, 6) is -0.720. The number of halogens is 3. The summed E-state index contributed by atoms with van der Waals surface area (Å²) in [5, 5.41) is 7.04. The molecule has 4 rings (SSSR count). The number of alkyl halides is 3. The second kappa shape index (κ2) is 6.43. The number of pyridine rings is 2. The molecule has 0 aliphatic rings. The molecule has 0 saturated heterocycles. The quantitative estimate of drug-likeness (QED) is 0.573. The van der Waals surface area contributed by atoms with Crippen molar-refractivity contribution in [1.29, 1.82) is 0 Å². The van der Waals surface area contributed by atoms with Crippen molar-refractivity contribution in [2.45, 2.75) is 6.18 Å². The largest absolute Gasteiger partial charge is 0.434 e. The van der Waals surface area contributed by atoms with Crippen LogP contribution in [0.5, 0.6) is 0 Å². The Morgan fingerprint density at radius 3 is 2.70 bits per heavy atom. The third-order valence-corrected chi connectivity index (χ3v) is 4.45. The monoisotopic (exact) mass is 391 g/mol. The van der Waals surface area contributed by atoms with Crippen LogP contribution in [0.25, 0.3) is 33.3 Å². The van der Waals surface area contributed by atoms with Gasteiger partial charge < -0.3 is 4.42 Å². The molecule has 1 N–H and O–H groups in total. The van der Waals surface area contributed by atoms with Crippen molar-refractivity contribution in [2.75, 3.05) is 0 Å². The summed E-state index contributed by atoms with van der Waals surface area (Å²) in [7, 11) is 0. The highest BCUT2D eigenvalue weighted by Crippen LogP contribution is 2.37. The van der Waals surface area contributed by atoms with E-state index in [4.69, 9.17) is 4.42 Å². The van der Waals surface area contributed by atoms with Gasteiger partial charge in [-0.1, -0.05) is 0 Å². The van der Waals surface area contributed by atoms with Crippen LogP contribution in [0.15, 0.2) is 51.4 Å². The molecule has 136 valence electrons. The van der Waals surface area contributed by atoms with Crippen LogP contribution in [0.2, 0.25) is 0 Å². The summed E-state index contributed by atoms with van der Waals surface area (Å²) >= 11 is 0.891. The molecule has 0 bridgehead atoms. The number of aromatic nitrogens is 5. The van der Waals surface area contributed by atoms with Crippen LogP contribution in [0, 0.1) is 0 Å². The first kappa shape index (κ1) is 17.1. The van der Waals surface area contributed by atoms with Crippen molar-refractivity contribution in [3.8, 4) is 33.3 Å². The van der Waals surface area contributed by atoms with E-state index in [-0.39, 0.29) is 16.6 Å². The Labute approximate surface area is 152 Å². The Hall–Kier alpha value is -3.34. The first-order valence-corrected chi connectivity index (χ1v) is 8.29. The molecule has 0 aromatic carbocycles. The van der Waals surface area contributed by atoms with E-state index in [1.807, 2.05) is 0 Å². The van der Waals surface area contributed by atoms with Crippen LogP contribution < -0.4 is 5.76 Å². The Morgan fingerprint density at radius 1 is 1.15 bits per heavy atom. The summed E-state index contributed by atoms with van der Waals surface area (Å²) in [6, 6.07) is 4.84. The van der Waals surface area contributed by atoms with Gasteiger partial charge in [0, 0.05) is 35.1 Å². The molecular formula is C16H8F3N5O2S. The Bertz CT molecular complexity index is 1160. The molecule has 4 heterocycles. The Kier molecular flexibility index (Phi) is 4.07. The van der Waals surface area contributed by atoms with E-state index < -0.39 is 17.6 Å². The standard InChI is InChI=1S/C16H8F3N5O2S/c17-16(18,19)12-7-27-14(22-12)9-2-3-20-6-10(9)8-1-4-21-11(5-8)13-23-24-15(25)26-13/h1-7H,(H,24,25). The molecule has 4 aromatic heterocycles. The van der Waals surface area contributed by atoms with Gasteiger partial charge >= 0.3 is 11.9 Å². The van der Waals surface area contributed by atoms with Gasteiger partial charge in [-0.2, -0.15) is 13.2 Å². The zero-order valence-electron chi connectivity index (χ0n) is 13.2. The van der Waals surface area contributed by atoms with Gasteiger partial charge in [0.25, 0.3) is 5.89 Å². The molecule has 0 fully saturated rings. The summed E-state index contributed by atoms with van der Waals surface area (Å²) in [6.45, 7) is 0. The molecule has 0 atom stereocenters. The van der Waals surface area contributed by atoms with Gasteiger partial charge in [-0.25, -0.2) is 14.9 Å². The number of thiazole rings is 1. The van der Waals surface area contributed by atoms with Crippen LogP contribution in [0.3, 0.4) is 0 Å². The number of aromatic amines is 1. The molecule has 0 saturated carbocycles. The zero-order valence-corrected chi connectivity index (χ0v) is 14.0. The molecular weight excluding hydrogens is 383 g/mol. The molecule has 7 nitrogen and oxygen atoms in total. The molecule has 0 spiro atoms. The molecule has 0 unspecified atom stereocenters. The third-order valence-electron chi connectivity index (χ3n) is 3.57. The SMILES string of the molecule is O=c1[nH]nc(-c2cc(-c3cnccc3-c3nc(C(F)(F)F)cs3)ccn2)o1. The summed E-state index contributed by atoms with van der Waals surface area (Å²) in [4.78, 5) is 23.0. The van der Waals surface area contributed by atoms with Crippen molar-refractivity contribution in [1.82, 2.24) is 25.1 Å². The van der Waals surface area contributed by atoms with Crippen molar-refractivity contribution >= 4 is 11.3 Å². The lowest BCUT2D eigenvalue weighted by Crippen LogP contribution is -2.04. The minimum absolute atomic E-state index is 0.000830. The molecule has 4 aromatic rings. The van der Waals surface area contributed by atoms with Gasteiger partial charge in [0.2, 0.25) is 0 Å². The van der Waals surface area contributed by atoms with Crippen LogP contribution in [0.1, 0.15) is 5.69 Å². The molecule has 0 aliphatic carbocycles. The first-order chi connectivity index (χ1) is 12.9. The zero-order chi connectivity index (χ0) is 19.0. The third kappa shape index (κ3) is 3.36. The second-order valence-corrected chi connectivity index (χ2v) is 6.16. The van der Waals surface area contributed by atoms with Crippen molar-refractivity contribution in [2.24, 2.45) is 0 Å². The lowest BCUT2D eigenvalue weighted by molar-refractivity contribution is -0.140. The first-order valence-electron chi connectivity index (χ1n) is 7.41. The van der Waals surface area contributed by atoms with Crippen LogP contribution in [0.4, 0.5) is 13.2 Å². The van der Waals surface area contributed by atoms with E-state index >= 15 is 0 Å². The van der Waals surface area contributed by atoms with E-state index in [0.717, 1.165) is 16.7 Å². The normalized spacial score (nSPS) is 11.7. The van der Waals surface area contributed by atoms with E-state index in [2.05, 4.69) is 25.1 Å². The van der Waals surface area contributed by atoms with E-state index in [1.165, 1.54) is 18.6 Å². The number of H-pyrrole nitrogens is 1. The van der Waals surface area contributed by atoms with Gasteiger partial charge in [0.1, 0.15) is 10.7 Å². The Morgan fingerprint density at radius 2 is 2.00 bits per heavy atom. The number of nitrogens with one attached hydrogen (secondary N) is 1. The lowest BCUT2D eigenvalue weighted by atomic mass is 10.0. The van der Waals surface area contributed by atoms with Gasteiger partial charge in [-0.15, -0.1) is 16.4 Å². The second-order valence-electron chi connectivity index (χ2n) is 5.30. The minimum atomic E-state index is -4.51. The average molecular weight is 391 g/mol. The fraction of sp³-hybridized carbons (Fsp3) is 0.0625. The number of rotatable bonds is 3. The van der Waals surface area contributed by atoms with Crippen molar-refractivity contribution in [3.63, 3.8) is 0 Å². The minimum Gasteiger partial charge on any atom is -0.386 e. The van der Waals surface area contributed by atoms with E-state index in [9.17, 15) is 18.0 Å². The van der Waals surface area contributed by atoms with E-state index in [1.54, 1.807) is 18.2 Å². The molecule has 0 aliphatic heterocycles. The molecule has 0 amide bonds. The summed E-state index contributed by atoms with van der Waals surface area (Å²) in [5.41, 5.74) is 1.00. The van der Waals surface area contributed by atoms with Gasteiger partial charge in [-0.05, 0) is 23.8 Å². The molecule has 27 heavy (non-hydrogen) atoms. The summed E-state index contributed by atoms with van der Waals surface area (Å²) < 4.78 is 43.5. The van der Waals surface area contributed by atoms with Gasteiger partial charge in [0.15, 0.2) is 5.69 Å².